The van der Waals surface area contributed by atoms with Crippen LogP contribution in [0.4, 0.5) is 4.79 Å². The Balaban J connectivity index is 1.34. The van der Waals surface area contributed by atoms with Crippen molar-refractivity contribution in [1.82, 2.24) is 26.7 Å². The van der Waals surface area contributed by atoms with Gasteiger partial charge in [0.2, 0.25) is 17.7 Å². The van der Waals surface area contributed by atoms with Gasteiger partial charge >= 0.3 is 6.03 Å². The molecule has 5 amide bonds. The molecule has 0 aromatic rings. The van der Waals surface area contributed by atoms with Gasteiger partial charge < -0.3 is 21.3 Å². The summed E-state index contributed by atoms with van der Waals surface area (Å²) >= 11 is 1.90. The number of carbonyl (C=O) groups excluding carboxylic acids is 4. The number of carbonyl (C=O) groups is 4. The molecule has 0 aromatic carbocycles. The van der Waals surface area contributed by atoms with Gasteiger partial charge in [-0.3, -0.25) is 19.8 Å². The van der Waals surface area contributed by atoms with Gasteiger partial charge in [-0.2, -0.15) is 11.8 Å². The normalized spacial score (nSPS) is 21.1. The number of unbranched alkanes of at least 4 members (excludes halogenated alkanes) is 5. The molecule has 2 unspecified atom stereocenters. The number of urea groups is 1. The summed E-state index contributed by atoms with van der Waals surface area (Å²) < 4.78 is 0. The minimum atomic E-state index is -0.161. The summed E-state index contributed by atoms with van der Waals surface area (Å²) in [6.07, 6.45) is 9.41. The van der Waals surface area contributed by atoms with Crippen LogP contribution < -0.4 is 32.5 Å². The lowest BCUT2D eigenvalue weighted by molar-refractivity contribution is -0.122. The first kappa shape index (κ1) is 27.2. The molecule has 0 radical (unpaired) electrons. The van der Waals surface area contributed by atoms with Crippen LogP contribution >= 0.6 is 11.8 Å². The molecule has 0 aliphatic carbocycles. The maximum absolute atomic E-state index is 12.0. The summed E-state index contributed by atoms with van der Waals surface area (Å²) in [5, 5.41) is 12.2. The monoisotopic (exact) mass is 484 g/mol. The minimum absolute atomic E-state index is 0.0541. The van der Waals surface area contributed by atoms with Crippen molar-refractivity contribution in [3.8, 4) is 0 Å². The Bertz CT molecular complexity index is 650. The van der Waals surface area contributed by atoms with Gasteiger partial charge in [0.05, 0.1) is 12.1 Å². The molecular weight excluding hydrogens is 444 g/mol. The van der Waals surface area contributed by atoms with Crippen molar-refractivity contribution < 1.29 is 19.2 Å². The fourth-order valence-corrected chi connectivity index (χ4v) is 5.70. The number of thioether (sulfide) groups is 1. The van der Waals surface area contributed by atoms with E-state index in [1.165, 1.54) is 0 Å². The van der Waals surface area contributed by atoms with E-state index in [1.807, 2.05) is 11.8 Å². The number of hydrazine groups is 1. The second-order valence-corrected chi connectivity index (χ2v) is 10.0. The van der Waals surface area contributed by atoms with Gasteiger partial charge in [-0.05, 0) is 38.5 Å². The molecule has 2 aliphatic heterocycles. The predicted octanol–water partition coefficient (Wildman–Crippen LogP) is 1.06. The summed E-state index contributed by atoms with van der Waals surface area (Å²) in [6, 6.07) is 0.428. The van der Waals surface area contributed by atoms with Gasteiger partial charge in [-0.15, -0.1) is 0 Å². The summed E-state index contributed by atoms with van der Waals surface area (Å²) in [7, 11) is 0. The third kappa shape index (κ3) is 11.1. The van der Waals surface area contributed by atoms with Gasteiger partial charge in [-0.25, -0.2) is 10.6 Å². The van der Waals surface area contributed by atoms with Crippen LogP contribution in [-0.4, -0.2) is 59.9 Å². The molecule has 33 heavy (non-hydrogen) atoms. The van der Waals surface area contributed by atoms with E-state index >= 15 is 0 Å². The first-order valence-corrected chi connectivity index (χ1v) is 13.3. The highest BCUT2D eigenvalue weighted by Gasteiger charge is 2.42. The lowest BCUT2D eigenvalue weighted by Crippen LogP contribution is -2.36. The van der Waals surface area contributed by atoms with E-state index in [1.54, 1.807) is 0 Å². The molecule has 10 nitrogen and oxygen atoms in total. The number of fused-ring (bicyclic) bond motifs is 1. The number of nitrogens with one attached hydrogen (secondary N) is 5. The summed E-state index contributed by atoms with van der Waals surface area (Å²) in [4.78, 5) is 46.2. The van der Waals surface area contributed by atoms with E-state index in [4.69, 9.17) is 5.84 Å². The molecule has 3 atom stereocenters. The highest BCUT2D eigenvalue weighted by Crippen LogP contribution is 2.33. The lowest BCUT2D eigenvalue weighted by atomic mass is 10.0. The molecule has 2 rings (SSSR count). The van der Waals surface area contributed by atoms with Crippen molar-refractivity contribution in [2.24, 2.45) is 5.84 Å². The summed E-state index contributed by atoms with van der Waals surface area (Å²) in [5.74, 6) is 5.96. The fraction of sp³-hybridized carbons (Fsp3) is 0.818. The third-order valence-electron chi connectivity index (χ3n) is 6.05. The molecular formula is C22H40N6O4S. The van der Waals surface area contributed by atoms with Crippen LogP contribution in [0.1, 0.15) is 77.0 Å². The summed E-state index contributed by atoms with van der Waals surface area (Å²) in [6.45, 7) is 1.28. The Morgan fingerprint density at radius 1 is 0.818 bits per heavy atom. The Hall–Kier alpha value is -2.01. The first-order chi connectivity index (χ1) is 16.0. The number of amides is 5. The van der Waals surface area contributed by atoms with Crippen molar-refractivity contribution in [3.05, 3.63) is 0 Å². The Morgan fingerprint density at radius 2 is 1.39 bits per heavy atom. The van der Waals surface area contributed by atoms with Crippen LogP contribution in [0.15, 0.2) is 0 Å². The molecule has 0 saturated carbocycles. The van der Waals surface area contributed by atoms with Crippen molar-refractivity contribution in [2.75, 3.05) is 18.8 Å². The molecule has 2 aliphatic rings. The summed E-state index contributed by atoms with van der Waals surface area (Å²) in [5.41, 5.74) is 2.10. The van der Waals surface area contributed by atoms with Crippen molar-refractivity contribution in [3.63, 3.8) is 0 Å². The molecule has 11 heteroatoms. The zero-order chi connectivity index (χ0) is 23.9. The third-order valence-corrected chi connectivity index (χ3v) is 7.56. The molecule has 2 heterocycles. The van der Waals surface area contributed by atoms with Crippen LogP contribution in [0, 0.1) is 0 Å². The van der Waals surface area contributed by atoms with E-state index < -0.39 is 0 Å². The van der Waals surface area contributed by atoms with E-state index in [0.29, 0.717) is 37.6 Å². The van der Waals surface area contributed by atoms with Crippen LogP contribution in [0.5, 0.6) is 0 Å². The quantitative estimate of drug-likeness (QED) is 0.0596. The van der Waals surface area contributed by atoms with Crippen LogP contribution in [0.25, 0.3) is 0 Å². The van der Waals surface area contributed by atoms with Gasteiger partial charge in [-0.1, -0.05) is 19.3 Å². The molecule has 0 spiro atoms. The molecule has 7 N–H and O–H groups in total. The Morgan fingerprint density at radius 3 is 2.00 bits per heavy atom. The minimum Gasteiger partial charge on any atom is -0.356 e. The number of nitrogens with two attached hydrogens (primary N) is 1. The standard InChI is InChI=1S/C22H40N6O4S/c23-28-20(31)12-4-2-8-14-24-18(29)10-3-1-7-13-25-19(30)11-6-5-9-17-21-16(15-33-17)26-22(32)27-21/h16-17,21H,1-15,23H2,(H,24,29)(H,25,30)(H,28,31)(H2,26,27,32)/t16?,17-,21?/m0/s1. The van der Waals surface area contributed by atoms with E-state index in [9.17, 15) is 19.2 Å². The molecule has 0 bridgehead atoms. The van der Waals surface area contributed by atoms with Crippen LogP contribution in [0.2, 0.25) is 0 Å². The van der Waals surface area contributed by atoms with Crippen molar-refractivity contribution in [1.29, 1.82) is 0 Å². The molecule has 188 valence electrons. The molecule has 2 saturated heterocycles. The second-order valence-electron chi connectivity index (χ2n) is 8.76. The van der Waals surface area contributed by atoms with Crippen molar-refractivity contribution in [2.45, 2.75) is 94.4 Å². The number of hydrogen-bond acceptors (Lipinski definition) is 6. The average molecular weight is 485 g/mol. The highest BCUT2D eigenvalue weighted by atomic mass is 32.2. The average Bonchev–Trinajstić information content (AvgIpc) is 3.35. The number of rotatable bonds is 17. The smallest absolute Gasteiger partial charge is 0.315 e. The zero-order valence-electron chi connectivity index (χ0n) is 19.5. The van der Waals surface area contributed by atoms with Gasteiger partial charge in [0.15, 0.2) is 0 Å². The Kier molecular flexibility index (Phi) is 13.0. The fourth-order valence-electron chi connectivity index (χ4n) is 4.15. The first-order valence-electron chi connectivity index (χ1n) is 12.2. The van der Waals surface area contributed by atoms with Gasteiger partial charge in [0.1, 0.15) is 0 Å². The lowest BCUT2D eigenvalue weighted by Gasteiger charge is -2.16. The predicted molar refractivity (Wildman–Crippen MR) is 129 cm³/mol. The van der Waals surface area contributed by atoms with Gasteiger partial charge in [0.25, 0.3) is 0 Å². The molecule has 0 aromatic heterocycles. The Labute approximate surface area is 200 Å². The van der Waals surface area contributed by atoms with Gasteiger partial charge in [0, 0.05) is 43.4 Å². The maximum atomic E-state index is 12.0. The van der Waals surface area contributed by atoms with E-state index in [2.05, 4.69) is 26.7 Å². The van der Waals surface area contributed by atoms with Crippen LogP contribution in [-0.2, 0) is 14.4 Å². The highest BCUT2D eigenvalue weighted by molar-refractivity contribution is 8.00. The number of hydrogen-bond donors (Lipinski definition) is 6. The van der Waals surface area contributed by atoms with Crippen LogP contribution in [0.3, 0.4) is 0 Å². The topological polar surface area (TPSA) is 154 Å². The van der Waals surface area contributed by atoms with Crippen molar-refractivity contribution >= 4 is 35.5 Å². The SMILES string of the molecule is NNC(=O)CCCCCNC(=O)CCCCCNC(=O)CCCC[C@@H]1SCC2NC(=O)NC21. The zero-order valence-corrected chi connectivity index (χ0v) is 20.3. The van der Waals surface area contributed by atoms with E-state index in [0.717, 1.165) is 63.5 Å². The maximum Gasteiger partial charge on any atom is 0.315 e. The second kappa shape index (κ2) is 15.8. The van der Waals surface area contributed by atoms with E-state index in [-0.39, 0.29) is 35.8 Å². The largest absolute Gasteiger partial charge is 0.356 e. The molecule has 2 fully saturated rings.